The predicted octanol–water partition coefficient (Wildman–Crippen LogP) is 4.74. The highest BCUT2D eigenvalue weighted by molar-refractivity contribution is 9.10. The van der Waals surface area contributed by atoms with E-state index in [-0.39, 0.29) is 22.3 Å². The molecule has 3 nitrogen and oxygen atoms in total. The molecule has 2 aromatic carbocycles. The van der Waals surface area contributed by atoms with E-state index in [0.29, 0.717) is 5.56 Å². The molecule has 0 spiro atoms. The molecule has 2 N–H and O–H groups in total. The van der Waals surface area contributed by atoms with E-state index in [1.165, 1.54) is 30.3 Å². The molecule has 0 atom stereocenters. The molecule has 0 aliphatic carbocycles. The van der Waals surface area contributed by atoms with E-state index in [2.05, 4.69) is 26.6 Å². The largest absolute Gasteiger partial charge is 0.405 e. The summed E-state index contributed by atoms with van der Waals surface area (Å²) in [6, 6.07) is 10.3. The van der Waals surface area contributed by atoms with Gasteiger partial charge in [0.2, 0.25) is 5.91 Å². The van der Waals surface area contributed by atoms with Crippen molar-refractivity contribution in [1.29, 1.82) is 0 Å². The summed E-state index contributed by atoms with van der Waals surface area (Å²) in [5, 5.41) is 4.79. The van der Waals surface area contributed by atoms with Crippen LogP contribution in [0.25, 0.3) is 0 Å². The van der Waals surface area contributed by atoms with Crippen molar-refractivity contribution in [2.24, 2.45) is 0 Å². The van der Waals surface area contributed by atoms with Gasteiger partial charge in [-0.15, -0.1) is 0 Å². The molecule has 1 amide bonds. The number of amides is 1. The smallest absolute Gasteiger partial charge is 0.375 e. The van der Waals surface area contributed by atoms with Crippen LogP contribution in [0.1, 0.15) is 5.56 Å². The summed E-state index contributed by atoms with van der Waals surface area (Å²) >= 11 is 3.03. The van der Waals surface area contributed by atoms with Crippen molar-refractivity contribution in [3.05, 3.63) is 58.3 Å². The maximum Gasteiger partial charge on any atom is 0.405 e. The summed E-state index contributed by atoms with van der Waals surface area (Å²) in [5.74, 6) is -0.865. The normalized spacial score (nSPS) is 11.2. The summed E-state index contributed by atoms with van der Waals surface area (Å²) in [5.41, 5.74) is 0.984. The lowest BCUT2D eigenvalue weighted by molar-refractivity contribution is -0.116. The predicted molar refractivity (Wildman–Crippen MR) is 87.4 cm³/mol. The van der Waals surface area contributed by atoms with E-state index >= 15 is 0 Å². The molecule has 2 aromatic rings. The second-order valence-electron chi connectivity index (χ2n) is 4.99. The first kappa shape index (κ1) is 18.3. The van der Waals surface area contributed by atoms with Crippen LogP contribution in [0.2, 0.25) is 0 Å². The van der Waals surface area contributed by atoms with E-state index in [1.807, 2.05) is 0 Å². The molecule has 0 radical (unpaired) electrons. The Morgan fingerprint density at radius 3 is 2.38 bits per heavy atom. The summed E-state index contributed by atoms with van der Waals surface area (Å²) < 4.78 is 50.3. The zero-order chi connectivity index (χ0) is 17.7. The molecule has 0 bridgehead atoms. The molecule has 0 aliphatic heterocycles. The van der Waals surface area contributed by atoms with Crippen molar-refractivity contribution in [3.63, 3.8) is 0 Å². The van der Waals surface area contributed by atoms with Gasteiger partial charge >= 0.3 is 6.18 Å². The minimum atomic E-state index is -4.36. The Morgan fingerprint density at radius 2 is 1.75 bits per heavy atom. The molecule has 0 unspecified atom stereocenters. The van der Waals surface area contributed by atoms with Crippen LogP contribution in [0.15, 0.2) is 46.9 Å². The first-order valence-electron chi connectivity index (χ1n) is 6.88. The van der Waals surface area contributed by atoms with Crippen molar-refractivity contribution in [1.82, 2.24) is 0 Å². The Labute approximate surface area is 144 Å². The number of anilines is 2. The van der Waals surface area contributed by atoms with Gasteiger partial charge < -0.3 is 10.6 Å². The lowest BCUT2D eigenvalue weighted by Gasteiger charge is -2.14. The summed E-state index contributed by atoms with van der Waals surface area (Å²) in [6.45, 7) is -1.20. The molecule has 0 aliphatic rings. The topological polar surface area (TPSA) is 41.1 Å². The molecular formula is C16H13BrF4N2O. The van der Waals surface area contributed by atoms with Crippen LogP contribution < -0.4 is 10.6 Å². The van der Waals surface area contributed by atoms with Gasteiger partial charge in [-0.05, 0) is 45.8 Å². The van der Waals surface area contributed by atoms with Gasteiger partial charge in [-0.1, -0.05) is 18.2 Å². The first-order chi connectivity index (χ1) is 11.2. The van der Waals surface area contributed by atoms with E-state index in [9.17, 15) is 22.4 Å². The minimum absolute atomic E-state index is 0.0352. The van der Waals surface area contributed by atoms with Crippen molar-refractivity contribution in [2.45, 2.75) is 12.6 Å². The number of hydrogen-bond donors (Lipinski definition) is 2. The average Bonchev–Trinajstić information content (AvgIpc) is 2.49. The van der Waals surface area contributed by atoms with E-state index in [4.69, 9.17) is 0 Å². The van der Waals surface area contributed by atoms with E-state index in [1.54, 1.807) is 12.1 Å². The molecule has 8 heteroatoms. The van der Waals surface area contributed by atoms with Crippen LogP contribution in [0.3, 0.4) is 0 Å². The van der Waals surface area contributed by atoms with Crippen molar-refractivity contribution >= 4 is 33.2 Å². The van der Waals surface area contributed by atoms with E-state index in [0.717, 1.165) is 0 Å². The highest BCUT2D eigenvalue weighted by Crippen LogP contribution is 2.24. The Bertz CT molecular complexity index is 734. The Kier molecular flexibility index (Phi) is 5.82. The third kappa shape index (κ3) is 5.52. The quantitative estimate of drug-likeness (QED) is 0.706. The molecule has 0 fully saturated rings. The molecular weight excluding hydrogens is 392 g/mol. The molecule has 2 rings (SSSR count). The average molecular weight is 405 g/mol. The number of alkyl halides is 3. The fraction of sp³-hybridized carbons (Fsp3) is 0.188. The minimum Gasteiger partial charge on any atom is -0.375 e. The van der Waals surface area contributed by atoms with Gasteiger partial charge in [0, 0.05) is 0 Å². The summed E-state index contributed by atoms with van der Waals surface area (Å²) in [6.07, 6.45) is -4.40. The third-order valence-corrected chi connectivity index (χ3v) is 3.64. The van der Waals surface area contributed by atoms with Crippen LogP contribution >= 0.6 is 15.9 Å². The van der Waals surface area contributed by atoms with Crippen molar-refractivity contribution < 1.29 is 22.4 Å². The van der Waals surface area contributed by atoms with Gasteiger partial charge in [0.25, 0.3) is 0 Å². The fourth-order valence-corrected chi connectivity index (χ4v) is 2.40. The summed E-state index contributed by atoms with van der Waals surface area (Å²) in [7, 11) is 0. The highest BCUT2D eigenvalue weighted by Gasteiger charge is 2.27. The molecule has 24 heavy (non-hydrogen) atoms. The van der Waals surface area contributed by atoms with Crippen molar-refractivity contribution in [2.75, 3.05) is 17.2 Å². The van der Waals surface area contributed by atoms with Gasteiger partial charge in [0.05, 0.1) is 22.3 Å². The second kappa shape index (κ2) is 7.65. The Hall–Kier alpha value is -2.09. The molecule has 0 heterocycles. The van der Waals surface area contributed by atoms with Gasteiger partial charge in [-0.25, -0.2) is 4.39 Å². The van der Waals surface area contributed by atoms with Gasteiger partial charge in [-0.2, -0.15) is 13.2 Å². The molecule has 128 valence electrons. The van der Waals surface area contributed by atoms with Gasteiger partial charge in [0.15, 0.2) is 0 Å². The number of rotatable bonds is 5. The fourth-order valence-electron chi connectivity index (χ4n) is 1.97. The lowest BCUT2D eigenvalue weighted by Crippen LogP contribution is -2.22. The highest BCUT2D eigenvalue weighted by atomic mass is 79.9. The maximum atomic E-state index is 13.2. The number of hydrogen-bond acceptors (Lipinski definition) is 2. The standard InChI is InChI=1S/C16H13BrF4N2O/c17-11-7-10(5-6-12(11)18)8-15(24)23-14-4-2-1-3-13(14)22-9-16(19,20)21/h1-7,22H,8-9H2,(H,23,24). The molecule has 0 saturated carbocycles. The zero-order valence-corrected chi connectivity index (χ0v) is 13.8. The Balaban J connectivity index is 2.04. The number of benzene rings is 2. The SMILES string of the molecule is O=C(Cc1ccc(F)c(Br)c1)Nc1ccccc1NCC(F)(F)F. The van der Waals surface area contributed by atoms with E-state index < -0.39 is 24.4 Å². The molecule has 0 saturated heterocycles. The maximum absolute atomic E-state index is 13.2. The van der Waals surface area contributed by atoms with Crippen LogP contribution in [0.5, 0.6) is 0 Å². The number of carbonyl (C=O) groups is 1. The summed E-state index contributed by atoms with van der Waals surface area (Å²) in [4.78, 5) is 12.1. The van der Waals surface area contributed by atoms with Gasteiger partial charge in [-0.3, -0.25) is 4.79 Å². The van der Waals surface area contributed by atoms with Crippen molar-refractivity contribution in [3.8, 4) is 0 Å². The monoisotopic (exact) mass is 404 g/mol. The number of para-hydroxylation sites is 2. The van der Waals surface area contributed by atoms with Gasteiger partial charge in [0.1, 0.15) is 12.4 Å². The van der Waals surface area contributed by atoms with Crippen LogP contribution in [-0.4, -0.2) is 18.6 Å². The zero-order valence-electron chi connectivity index (χ0n) is 12.3. The van der Waals surface area contributed by atoms with Crippen LogP contribution in [-0.2, 0) is 11.2 Å². The number of carbonyl (C=O) groups excluding carboxylic acids is 1. The Morgan fingerprint density at radius 1 is 1.08 bits per heavy atom. The third-order valence-electron chi connectivity index (χ3n) is 3.03. The first-order valence-corrected chi connectivity index (χ1v) is 7.67. The van der Waals surface area contributed by atoms with Crippen LogP contribution in [0.4, 0.5) is 28.9 Å². The number of halogens is 5. The lowest BCUT2D eigenvalue weighted by atomic mass is 10.1. The van der Waals surface area contributed by atoms with Crippen LogP contribution in [0, 0.1) is 5.82 Å². The second-order valence-corrected chi connectivity index (χ2v) is 5.84. The molecule has 0 aromatic heterocycles. The number of nitrogens with one attached hydrogen (secondary N) is 2.